The molecule has 0 radical (unpaired) electrons. The molecule has 0 aliphatic rings. The third-order valence-electron chi connectivity index (χ3n) is 2.99. The van der Waals surface area contributed by atoms with Gasteiger partial charge in [0.25, 0.3) is 0 Å². The third-order valence-corrected chi connectivity index (χ3v) is 3.23. The largest absolute Gasteiger partial charge is 0.389 e. The Bertz CT molecular complexity index is 567. The Morgan fingerprint density at radius 1 is 1.26 bits per heavy atom. The average molecular weight is 271 g/mol. The number of nitrogens with two attached hydrogens (primary N) is 1. The zero-order chi connectivity index (χ0) is 13.7. The maximum absolute atomic E-state index is 5.61. The van der Waals surface area contributed by atoms with Crippen LogP contribution < -0.4 is 11.1 Å². The fraction of sp³-hybridized carbons (Fsp3) is 0.200. The molecule has 3 N–H and O–H groups in total. The van der Waals surface area contributed by atoms with Crippen LogP contribution in [0.1, 0.15) is 16.7 Å². The van der Waals surface area contributed by atoms with Gasteiger partial charge in [0.05, 0.1) is 0 Å². The number of nitrogens with one attached hydrogen (secondary N) is 1. The molecule has 0 unspecified atom stereocenters. The Balaban J connectivity index is 1.95. The number of hydrogen-bond acceptors (Lipinski definition) is 3. The first-order valence-corrected chi connectivity index (χ1v) is 6.61. The molecule has 4 heteroatoms. The first kappa shape index (κ1) is 13.5. The summed E-state index contributed by atoms with van der Waals surface area (Å²) in [5.41, 5.74) is 10.1. The number of thiocarbonyl (C=S) groups is 1. The van der Waals surface area contributed by atoms with E-state index in [4.69, 9.17) is 18.0 Å². The molecule has 19 heavy (non-hydrogen) atoms. The SMILES string of the molecule is Cc1cc(C(N)=S)ccc1NCCc1ccncc1. The van der Waals surface area contributed by atoms with Crippen LogP contribution in [-0.4, -0.2) is 16.5 Å². The van der Waals surface area contributed by atoms with Gasteiger partial charge in [0.15, 0.2) is 0 Å². The van der Waals surface area contributed by atoms with Crippen LogP contribution in [0.3, 0.4) is 0 Å². The number of pyridine rings is 1. The number of aryl methyl sites for hydroxylation is 1. The molecule has 3 nitrogen and oxygen atoms in total. The van der Waals surface area contributed by atoms with Crippen LogP contribution in [0.15, 0.2) is 42.7 Å². The molecular formula is C15H17N3S. The molecule has 2 rings (SSSR count). The van der Waals surface area contributed by atoms with E-state index in [1.807, 2.05) is 42.7 Å². The summed E-state index contributed by atoms with van der Waals surface area (Å²) in [6.45, 7) is 2.94. The van der Waals surface area contributed by atoms with E-state index < -0.39 is 0 Å². The molecule has 0 aliphatic heterocycles. The van der Waals surface area contributed by atoms with Crippen LogP contribution in [0.5, 0.6) is 0 Å². The Kier molecular flexibility index (Phi) is 4.47. The minimum atomic E-state index is 0.437. The van der Waals surface area contributed by atoms with Crippen molar-refractivity contribution in [2.45, 2.75) is 13.3 Å². The molecule has 0 saturated carbocycles. The maximum Gasteiger partial charge on any atom is 0.103 e. The first-order valence-electron chi connectivity index (χ1n) is 6.20. The lowest BCUT2D eigenvalue weighted by atomic mass is 10.1. The van der Waals surface area contributed by atoms with Crippen LogP contribution in [0.2, 0.25) is 0 Å². The highest BCUT2D eigenvalue weighted by Gasteiger charge is 2.01. The van der Waals surface area contributed by atoms with Gasteiger partial charge in [-0.2, -0.15) is 0 Å². The van der Waals surface area contributed by atoms with Crippen LogP contribution >= 0.6 is 12.2 Å². The van der Waals surface area contributed by atoms with E-state index in [0.717, 1.165) is 29.8 Å². The van der Waals surface area contributed by atoms with E-state index in [1.54, 1.807) is 0 Å². The molecular weight excluding hydrogens is 254 g/mol. The fourth-order valence-electron chi connectivity index (χ4n) is 1.91. The van der Waals surface area contributed by atoms with Gasteiger partial charge < -0.3 is 11.1 Å². The van der Waals surface area contributed by atoms with E-state index in [9.17, 15) is 0 Å². The standard InChI is InChI=1S/C15H17N3S/c1-11-10-13(15(16)19)2-3-14(11)18-9-6-12-4-7-17-8-5-12/h2-5,7-8,10,18H,6,9H2,1H3,(H2,16,19). The van der Waals surface area contributed by atoms with Crippen molar-refractivity contribution in [1.29, 1.82) is 0 Å². The summed E-state index contributed by atoms with van der Waals surface area (Å²) >= 11 is 4.97. The quantitative estimate of drug-likeness (QED) is 0.821. The highest BCUT2D eigenvalue weighted by Crippen LogP contribution is 2.16. The summed E-state index contributed by atoms with van der Waals surface area (Å²) in [5, 5.41) is 3.42. The number of anilines is 1. The predicted octanol–water partition coefficient (Wildman–Crippen LogP) is 2.68. The van der Waals surface area contributed by atoms with Crippen molar-refractivity contribution in [2.24, 2.45) is 5.73 Å². The Hall–Kier alpha value is -1.94. The van der Waals surface area contributed by atoms with Crippen molar-refractivity contribution in [3.8, 4) is 0 Å². The number of benzene rings is 1. The first-order chi connectivity index (χ1) is 9.16. The molecule has 1 aromatic carbocycles. The number of nitrogens with zero attached hydrogens (tertiary/aromatic N) is 1. The maximum atomic E-state index is 5.61. The minimum absolute atomic E-state index is 0.437. The smallest absolute Gasteiger partial charge is 0.103 e. The van der Waals surface area contributed by atoms with E-state index in [-0.39, 0.29) is 0 Å². The van der Waals surface area contributed by atoms with Crippen molar-refractivity contribution in [2.75, 3.05) is 11.9 Å². The van der Waals surface area contributed by atoms with Crippen LogP contribution in [0.25, 0.3) is 0 Å². The second-order valence-corrected chi connectivity index (χ2v) is 4.87. The molecule has 0 fully saturated rings. The molecule has 98 valence electrons. The molecule has 0 amide bonds. The zero-order valence-corrected chi connectivity index (χ0v) is 11.7. The van der Waals surface area contributed by atoms with Gasteiger partial charge in [-0.25, -0.2) is 0 Å². The van der Waals surface area contributed by atoms with Crippen molar-refractivity contribution in [3.05, 3.63) is 59.4 Å². The van der Waals surface area contributed by atoms with Gasteiger partial charge >= 0.3 is 0 Å². The second kappa shape index (κ2) is 6.29. The van der Waals surface area contributed by atoms with Gasteiger partial charge in [0, 0.05) is 30.2 Å². The molecule has 0 bridgehead atoms. The van der Waals surface area contributed by atoms with Crippen molar-refractivity contribution in [1.82, 2.24) is 4.98 Å². The van der Waals surface area contributed by atoms with Crippen molar-refractivity contribution >= 4 is 22.9 Å². The van der Waals surface area contributed by atoms with E-state index in [0.29, 0.717) is 4.99 Å². The van der Waals surface area contributed by atoms with Crippen molar-refractivity contribution < 1.29 is 0 Å². The average Bonchev–Trinajstić information content (AvgIpc) is 2.41. The van der Waals surface area contributed by atoms with Crippen LogP contribution in [0, 0.1) is 6.92 Å². The summed E-state index contributed by atoms with van der Waals surface area (Å²) in [7, 11) is 0. The molecule has 0 atom stereocenters. The lowest BCUT2D eigenvalue weighted by Crippen LogP contribution is -2.11. The van der Waals surface area contributed by atoms with Gasteiger partial charge in [0.2, 0.25) is 0 Å². The predicted molar refractivity (Wildman–Crippen MR) is 83.5 cm³/mol. The topological polar surface area (TPSA) is 50.9 Å². The second-order valence-electron chi connectivity index (χ2n) is 4.43. The minimum Gasteiger partial charge on any atom is -0.389 e. The van der Waals surface area contributed by atoms with E-state index in [1.165, 1.54) is 5.56 Å². The van der Waals surface area contributed by atoms with Crippen molar-refractivity contribution in [3.63, 3.8) is 0 Å². The van der Waals surface area contributed by atoms with Gasteiger partial charge in [-0.15, -0.1) is 0 Å². The number of hydrogen-bond donors (Lipinski definition) is 2. The van der Waals surface area contributed by atoms with Gasteiger partial charge in [-0.05, 0) is 54.8 Å². The third kappa shape index (κ3) is 3.76. The van der Waals surface area contributed by atoms with Crippen LogP contribution in [-0.2, 0) is 6.42 Å². The Morgan fingerprint density at radius 2 is 2.00 bits per heavy atom. The molecule has 0 saturated heterocycles. The van der Waals surface area contributed by atoms with Crippen LogP contribution in [0.4, 0.5) is 5.69 Å². The van der Waals surface area contributed by atoms with E-state index >= 15 is 0 Å². The summed E-state index contributed by atoms with van der Waals surface area (Å²) in [6, 6.07) is 10.0. The summed E-state index contributed by atoms with van der Waals surface area (Å²) < 4.78 is 0. The monoisotopic (exact) mass is 271 g/mol. The Morgan fingerprint density at radius 3 is 2.63 bits per heavy atom. The summed E-state index contributed by atoms with van der Waals surface area (Å²) in [5.74, 6) is 0. The molecule has 1 aromatic heterocycles. The number of aromatic nitrogens is 1. The van der Waals surface area contributed by atoms with Gasteiger partial charge in [0.1, 0.15) is 4.99 Å². The molecule has 2 aromatic rings. The lowest BCUT2D eigenvalue weighted by molar-refractivity contribution is 1.01. The Labute approximate surface area is 118 Å². The highest BCUT2D eigenvalue weighted by molar-refractivity contribution is 7.80. The lowest BCUT2D eigenvalue weighted by Gasteiger charge is -2.11. The zero-order valence-electron chi connectivity index (χ0n) is 10.9. The number of rotatable bonds is 5. The van der Waals surface area contributed by atoms with Gasteiger partial charge in [-0.3, -0.25) is 4.98 Å². The molecule has 1 heterocycles. The fourth-order valence-corrected chi connectivity index (χ4v) is 2.03. The summed E-state index contributed by atoms with van der Waals surface area (Å²) in [4.78, 5) is 4.44. The van der Waals surface area contributed by atoms with Gasteiger partial charge in [-0.1, -0.05) is 12.2 Å². The summed E-state index contributed by atoms with van der Waals surface area (Å²) in [6.07, 6.45) is 4.61. The normalized spacial score (nSPS) is 10.2. The highest BCUT2D eigenvalue weighted by atomic mass is 32.1. The van der Waals surface area contributed by atoms with E-state index in [2.05, 4.69) is 17.2 Å². The molecule has 0 spiro atoms. The molecule has 0 aliphatic carbocycles.